The number of likely N-dealkylation sites (tertiary alicyclic amines) is 1. The van der Waals surface area contributed by atoms with E-state index < -0.39 is 28.4 Å². The van der Waals surface area contributed by atoms with Crippen molar-refractivity contribution in [3.8, 4) is 0 Å². The summed E-state index contributed by atoms with van der Waals surface area (Å²) in [5.74, 6) is -0.315. The first kappa shape index (κ1) is 20.6. The Hall–Kier alpha value is -2.10. The van der Waals surface area contributed by atoms with Crippen LogP contribution in [0.25, 0.3) is 10.9 Å². The van der Waals surface area contributed by atoms with Crippen molar-refractivity contribution in [2.45, 2.75) is 44.4 Å². The third-order valence-electron chi connectivity index (χ3n) is 4.95. The Labute approximate surface area is 165 Å². The third kappa shape index (κ3) is 4.31. The standard InChI is InChI=1S/C19H27N3O5S/c1-12(2)26-19(23)22-9-8-17(27-28(3,24)25)18(22)14(10-20)15-11-21-16-7-5-4-6-13(15)16/h4-7,11-12,14,17-18,21H,8-10,20H2,1-3H3. The fourth-order valence-electron chi connectivity index (χ4n) is 3.93. The van der Waals surface area contributed by atoms with Crippen LogP contribution in [-0.4, -0.2) is 62.0 Å². The third-order valence-corrected chi connectivity index (χ3v) is 5.55. The predicted octanol–water partition coefficient (Wildman–Crippen LogP) is 2.17. The second-order valence-corrected chi connectivity index (χ2v) is 8.98. The molecule has 154 valence electrons. The van der Waals surface area contributed by atoms with E-state index in [0.717, 1.165) is 22.7 Å². The number of para-hydroxylation sites is 1. The molecule has 1 aliphatic heterocycles. The van der Waals surface area contributed by atoms with E-state index in [9.17, 15) is 13.2 Å². The van der Waals surface area contributed by atoms with Crippen molar-refractivity contribution < 1.29 is 22.1 Å². The Morgan fingerprint density at radius 3 is 2.71 bits per heavy atom. The second-order valence-electron chi connectivity index (χ2n) is 7.38. The van der Waals surface area contributed by atoms with E-state index in [-0.39, 0.29) is 18.6 Å². The smallest absolute Gasteiger partial charge is 0.410 e. The number of amides is 1. The molecule has 3 N–H and O–H groups in total. The normalized spacial score (nSPS) is 21.4. The van der Waals surface area contributed by atoms with Gasteiger partial charge in [-0.15, -0.1) is 0 Å². The number of carbonyl (C=O) groups is 1. The second kappa shape index (κ2) is 8.10. The molecule has 28 heavy (non-hydrogen) atoms. The van der Waals surface area contributed by atoms with E-state index in [4.69, 9.17) is 14.7 Å². The summed E-state index contributed by atoms with van der Waals surface area (Å²) in [4.78, 5) is 17.4. The average molecular weight is 410 g/mol. The summed E-state index contributed by atoms with van der Waals surface area (Å²) in [6.45, 7) is 4.11. The van der Waals surface area contributed by atoms with Gasteiger partial charge >= 0.3 is 6.09 Å². The molecule has 0 aliphatic carbocycles. The Balaban J connectivity index is 2.01. The number of nitrogens with one attached hydrogen (secondary N) is 1. The van der Waals surface area contributed by atoms with Gasteiger partial charge in [0, 0.05) is 36.1 Å². The highest BCUT2D eigenvalue weighted by Crippen LogP contribution is 2.36. The number of aromatic amines is 1. The lowest BCUT2D eigenvalue weighted by Crippen LogP contribution is -2.47. The molecule has 3 unspecified atom stereocenters. The van der Waals surface area contributed by atoms with Gasteiger partial charge in [0.1, 0.15) is 0 Å². The minimum absolute atomic E-state index is 0.224. The zero-order chi connectivity index (χ0) is 20.5. The molecule has 1 aromatic heterocycles. The molecule has 3 rings (SSSR count). The molecule has 1 amide bonds. The van der Waals surface area contributed by atoms with Crippen LogP contribution in [-0.2, 0) is 19.0 Å². The van der Waals surface area contributed by atoms with E-state index in [1.54, 1.807) is 18.7 Å². The number of hydrogen-bond donors (Lipinski definition) is 2. The highest BCUT2D eigenvalue weighted by molar-refractivity contribution is 7.86. The van der Waals surface area contributed by atoms with Gasteiger partial charge in [-0.25, -0.2) is 4.79 Å². The van der Waals surface area contributed by atoms with Gasteiger partial charge in [-0.3, -0.25) is 4.18 Å². The minimum Gasteiger partial charge on any atom is -0.447 e. The zero-order valence-electron chi connectivity index (χ0n) is 16.3. The molecule has 0 bridgehead atoms. The topological polar surface area (TPSA) is 115 Å². The van der Waals surface area contributed by atoms with Crippen LogP contribution in [0, 0.1) is 0 Å². The summed E-state index contributed by atoms with van der Waals surface area (Å²) >= 11 is 0. The van der Waals surface area contributed by atoms with Gasteiger partial charge < -0.3 is 20.4 Å². The van der Waals surface area contributed by atoms with Gasteiger partial charge in [0.25, 0.3) is 10.1 Å². The molecule has 9 heteroatoms. The highest BCUT2D eigenvalue weighted by Gasteiger charge is 2.45. The SMILES string of the molecule is CC(C)OC(=O)N1CCC(OS(C)(=O)=O)C1C(CN)c1c[nH]c2ccccc12. The van der Waals surface area contributed by atoms with E-state index in [1.165, 1.54) is 0 Å². The minimum atomic E-state index is -3.69. The van der Waals surface area contributed by atoms with Crippen LogP contribution in [0.5, 0.6) is 0 Å². The van der Waals surface area contributed by atoms with Crippen LogP contribution >= 0.6 is 0 Å². The summed E-state index contributed by atoms with van der Waals surface area (Å²) in [6, 6.07) is 7.23. The number of rotatable bonds is 6. The predicted molar refractivity (Wildman–Crippen MR) is 107 cm³/mol. The maximum absolute atomic E-state index is 12.7. The van der Waals surface area contributed by atoms with Crippen molar-refractivity contribution in [2.24, 2.45) is 5.73 Å². The zero-order valence-corrected chi connectivity index (χ0v) is 17.1. The molecule has 1 aliphatic rings. The molecular formula is C19H27N3O5S. The number of ether oxygens (including phenoxy) is 1. The molecule has 1 saturated heterocycles. The Morgan fingerprint density at radius 1 is 1.36 bits per heavy atom. The van der Waals surface area contributed by atoms with Gasteiger partial charge in [0.2, 0.25) is 0 Å². The maximum atomic E-state index is 12.7. The van der Waals surface area contributed by atoms with Gasteiger partial charge in [0.05, 0.1) is 24.5 Å². The summed E-state index contributed by atoms with van der Waals surface area (Å²) in [5.41, 5.74) is 8.00. The lowest BCUT2D eigenvalue weighted by atomic mass is 9.88. The number of benzene rings is 1. The average Bonchev–Trinajstić information content (AvgIpc) is 3.19. The van der Waals surface area contributed by atoms with Crippen molar-refractivity contribution in [2.75, 3.05) is 19.3 Å². The van der Waals surface area contributed by atoms with Crippen molar-refractivity contribution in [3.63, 3.8) is 0 Å². The monoisotopic (exact) mass is 409 g/mol. The number of fused-ring (bicyclic) bond motifs is 1. The van der Waals surface area contributed by atoms with E-state index in [2.05, 4.69) is 4.98 Å². The molecule has 1 aromatic carbocycles. The van der Waals surface area contributed by atoms with Gasteiger partial charge in [-0.05, 0) is 31.9 Å². The van der Waals surface area contributed by atoms with E-state index in [0.29, 0.717) is 13.0 Å². The maximum Gasteiger partial charge on any atom is 0.410 e. The summed E-state index contributed by atoms with van der Waals surface area (Å²) in [6.07, 6.45) is 1.82. The Morgan fingerprint density at radius 2 is 2.07 bits per heavy atom. The van der Waals surface area contributed by atoms with E-state index >= 15 is 0 Å². The van der Waals surface area contributed by atoms with Crippen molar-refractivity contribution in [3.05, 3.63) is 36.0 Å². The molecule has 0 spiro atoms. The van der Waals surface area contributed by atoms with Crippen LogP contribution in [0.3, 0.4) is 0 Å². The molecular weight excluding hydrogens is 382 g/mol. The summed E-state index contributed by atoms with van der Waals surface area (Å²) in [7, 11) is -3.69. The quantitative estimate of drug-likeness (QED) is 0.707. The van der Waals surface area contributed by atoms with Crippen LogP contribution in [0.2, 0.25) is 0 Å². The van der Waals surface area contributed by atoms with Crippen molar-refractivity contribution in [1.29, 1.82) is 0 Å². The summed E-state index contributed by atoms with van der Waals surface area (Å²) < 4.78 is 34.3. The summed E-state index contributed by atoms with van der Waals surface area (Å²) in [5, 5.41) is 0.986. The van der Waals surface area contributed by atoms with E-state index in [1.807, 2.05) is 30.5 Å². The lowest BCUT2D eigenvalue weighted by molar-refractivity contribution is 0.0570. The number of aromatic nitrogens is 1. The van der Waals surface area contributed by atoms with Crippen LogP contribution in [0.15, 0.2) is 30.5 Å². The first-order valence-electron chi connectivity index (χ1n) is 9.33. The van der Waals surface area contributed by atoms with Gasteiger partial charge in [-0.2, -0.15) is 8.42 Å². The fourth-order valence-corrected chi connectivity index (χ4v) is 4.59. The first-order chi connectivity index (χ1) is 13.2. The molecule has 0 saturated carbocycles. The largest absolute Gasteiger partial charge is 0.447 e. The number of hydrogen-bond acceptors (Lipinski definition) is 6. The Bertz CT molecular complexity index is 940. The number of nitrogens with zero attached hydrogens (tertiary/aromatic N) is 1. The molecule has 8 nitrogen and oxygen atoms in total. The molecule has 0 radical (unpaired) electrons. The van der Waals surface area contributed by atoms with Gasteiger partial charge in [0.15, 0.2) is 0 Å². The molecule has 2 aromatic rings. The van der Waals surface area contributed by atoms with Crippen LogP contribution in [0.4, 0.5) is 4.79 Å². The fraction of sp³-hybridized carbons (Fsp3) is 0.526. The van der Waals surface area contributed by atoms with Crippen LogP contribution in [0.1, 0.15) is 31.7 Å². The molecule has 1 fully saturated rings. The first-order valence-corrected chi connectivity index (χ1v) is 11.1. The number of H-pyrrole nitrogens is 1. The number of nitrogens with two attached hydrogens (primary N) is 1. The number of carbonyl (C=O) groups excluding carboxylic acids is 1. The van der Waals surface area contributed by atoms with Crippen molar-refractivity contribution >= 4 is 27.1 Å². The highest BCUT2D eigenvalue weighted by atomic mass is 32.2. The van der Waals surface area contributed by atoms with Gasteiger partial charge in [-0.1, -0.05) is 18.2 Å². The Kier molecular flexibility index (Phi) is 5.97. The van der Waals surface area contributed by atoms with Crippen LogP contribution < -0.4 is 5.73 Å². The van der Waals surface area contributed by atoms with Crippen molar-refractivity contribution in [1.82, 2.24) is 9.88 Å². The lowest BCUT2D eigenvalue weighted by Gasteiger charge is -2.33. The molecule has 3 atom stereocenters. The molecule has 2 heterocycles.